The van der Waals surface area contributed by atoms with E-state index < -0.39 is 0 Å². The maximum Gasteiger partial charge on any atom is 0.144 e. The van der Waals surface area contributed by atoms with Gasteiger partial charge in [-0.15, -0.1) is 22.7 Å². The molecule has 0 spiro atoms. The van der Waals surface area contributed by atoms with Crippen LogP contribution in [0.15, 0.2) is 71.4 Å². The Hall–Kier alpha value is -3.30. The van der Waals surface area contributed by atoms with E-state index >= 15 is 0 Å². The van der Waals surface area contributed by atoms with E-state index in [4.69, 9.17) is 9.97 Å². The van der Waals surface area contributed by atoms with Gasteiger partial charge in [-0.3, -0.25) is 0 Å². The first-order valence-corrected chi connectivity index (χ1v) is 16.0. The molecule has 40 heavy (non-hydrogen) atoms. The highest BCUT2D eigenvalue weighted by Crippen LogP contribution is 2.34. The highest BCUT2D eigenvalue weighted by molar-refractivity contribution is 7.18. The third-order valence-corrected chi connectivity index (χ3v) is 9.81. The monoisotopic (exact) mass is 566 g/mol. The SMILES string of the molecule is c1ccc2c(c1)nc(NCCCN1CCN(CCCNc3nc4ccccc4c4ccsc34)CC1)c1sccc12. The van der Waals surface area contributed by atoms with Crippen molar-refractivity contribution in [1.29, 1.82) is 0 Å². The number of thiophene rings is 2. The number of piperazine rings is 1. The zero-order chi connectivity index (χ0) is 26.7. The maximum absolute atomic E-state index is 4.92. The summed E-state index contributed by atoms with van der Waals surface area (Å²) in [4.78, 5) is 15.1. The fourth-order valence-corrected chi connectivity index (χ4v) is 7.59. The van der Waals surface area contributed by atoms with Gasteiger partial charge in [-0.05, 0) is 61.0 Å². The zero-order valence-electron chi connectivity index (χ0n) is 22.6. The number of pyridine rings is 2. The van der Waals surface area contributed by atoms with Gasteiger partial charge in [-0.1, -0.05) is 36.4 Å². The normalized spacial score (nSPS) is 15.0. The molecule has 0 unspecified atom stereocenters. The quantitative estimate of drug-likeness (QED) is 0.172. The van der Waals surface area contributed by atoms with Gasteiger partial charge in [0.25, 0.3) is 0 Å². The molecule has 0 amide bonds. The molecular weight excluding hydrogens is 533 g/mol. The van der Waals surface area contributed by atoms with E-state index in [2.05, 4.69) is 91.9 Å². The summed E-state index contributed by atoms with van der Waals surface area (Å²) in [6.45, 7) is 8.77. The molecule has 5 heterocycles. The van der Waals surface area contributed by atoms with Crippen LogP contribution < -0.4 is 10.6 Å². The van der Waals surface area contributed by atoms with E-state index in [0.717, 1.165) is 87.9 Å². The van der Waals surface area contributed by atoms with E-state index in [1.165, 1.54) is 30.9 Å². The smallest absolute Gasteiger partial charge is 0.144 e. The Morgan fingerprint density at radius 1 is 0.575 bits per heavy atom. The van der Waals surface area contributed by atoms with Crippen molar-refractivity contribution >= 4 is 76.3 Å². The third kappa shape index (κ3) is 5.24. The first-order valence-electron chi connectivity index (χ1n) is 14.3. The molecule has 4 aromatic heterocycles. The zero-order valence-corrected chi connectivity index (χ0v) is 24.2. The van der Waals surface area contributed by atoms with Crippen molar-refractivity contribution in [3.8, 4) is 0 Å². The van der Waals surface area contributed by atoms with Crippen LogP contribution >= 0.6 is 22.7 Å². The highest BCUT2D eigenvalue weighted by atomic mass is 32.1. The van der Waals surface area contributed by atoms with Gasteiger partial charge in [0.1, 0.15) is 11.6 Å². The molecule has 0 aliphatic carbocycles. The Balaban J connectivity index is 0.843. The molecular formula is C32H34N6S2. The molecule has 8 heteroatoms. The average molecular weight is 567 g/mol. The molecule has 1 aliphatic rings. The molecule has 1 saturated heterocycles. The number of hydrogen-bond donors (Lipinski definition) is 2. The van der Waals surface area contributed by atoms with Gasteiger partial charge in [0.05, 0.1) is 20.4 Å². The number of hydrogen-bond acceptors (Lipinski definition) is 8. The minimum absolute atomic E-state index is 0.949. The van der Waals surface area contributed by atoms with Crippen molar-refractivity contribution < 1.29 is 0 Å². The van der Waals surface area contributed by atoms with E-state index in [1.807, 2.05) is 0 Å². The number of nitrogens with zero attached hydrogens (tertiary/aromatic N) is 4. The fourth-order valence-electron chi connectivity index (χ4n) is 5.84. The largest absolute Gasteiger partial charge is 0.369 e. The summed E-state index contributed by atoms with van der Waals surface area (Å²) in [5.41, 5.74) is 2.13. The summed E-state index contributed by atoms with van der Waals surface area (Å²) in [6, 6.07) is 21.3. The number of benzene rings is 2. The molecule has 2 aromatic carbocycles. The topological polar surface area (TPSA) is 56.3 Å². The van der Waals surface area contributed by atoms with Gasteiger partial charge in [0, 0.05) is 60.8 Å². The Labute approximate surface area is 242 Å². The van der Waals surface area contributed by atoms with Crippen LogP contribution in [0.4, 0.5) is 11.6 Å². The minimum atomic E-state index is 0.949. The third-order valence-electron chi connectivity index (χ3n) is 7.97. The van der Waals surface area contributed by atoms with Crippen molar-refractivity contribution in [1.82, 2.24) is 19.8 Å². The molecule has 1 aliphatic heterocycles. The predicted molar refractivity (Wildman–Crippen MR) is 173 cm³/mol. The van der Waals surface area contributed by atoms with E-state index in [9.17, 15) is 0 Å². The lowest BCUT2D eigenvalue weighted by atomic mass is 10.1. The summed E-state index contributed by atoms with van der Waals surface area (Å²) in [5, 5.41) is 16.7. The van der Waals surface area contributed by atoms with Crippen LogP contribution in [-0.2, 0) is 0 Å². The van der Waals surface area contributed by atoms with Crippen LogP contribution in [0.5, 0.6) is 0 Å². The second-order valence-corrected chi connectivity index (χ2v) is 12.4. The number of fused-ring (bicyclic) bond motifs is 6. The summed E-state index contributed by atoms with van der Waals surface area (Å²) in [5.74, 6) is 2.06. The molecule has 0 atom stereocenters. The molecule has 7 rings (SSSR count). The van der Waals surface area contributed by atoms with Gasteiger partial charge < -0.3 is 20.4 Å². The highest BCUT2D eigenvalue weighted by Gasteiger charge is 2.16. The number of nitrogens with one attached hydrogen (secondary N) is 2. The van der Waals surface area contributed by atoms with Gasteiger partial charge in [-0.2, -0.15) is 0 Å². The lowest BCUT2D eigenvalue weighted by molar-refractivity contribution is 0.132. The van der Waals surface area contributed by atoms with Gasteiger partial charge in [0.15, 0.2) is 0 Å². The second-order valence-electron chi connectivity index (χ2n) is 10.5. The molecule has 0 bridgehead atoms. The lowest BCUT2D eigenvalue weighted by Gasteiger charge is -2.34. The van der Waals surface area contributed by atoms with Crippen LogP contribution in [0.1, 0.15) is 12.8 Å². The van der Waals surface area contributed by atoms with Crippen LogP contribution in [0.25, 0.3) is 42.0 Å². The fraction of sp³-hybridized carbons (Fsp3) is 0.312. The van der Waals surface area contributed by atoms with Gasteiger partial charge in [0.2, 0.25) is 0 Å². The number of anilines is 2. The molecule has 6 nitrogen and oxygen atoms in total. The summed E-state index contributed by atoms with van der Waals surface area (Å²) < 4.78 is 2.52. The van der Waals surface area contributed by atoms with E-state index in [-0.39, 0.29) is 0 Å². The molecule has 204 valence electrons. The first kappa shape index (κ1) is 25.7. The Bertz CT molecular complexity index is 1620. The Morgan fingerprint density at radius 3 is 1.50 bits per heavy atom. The van der Waals surface area contributed by atoms with Crippen molar-refractivity contribution in [2.75, 3.05) is 63.0 Å². The van der Waals surface area contributed by atoms with Crippen LogP contribution in [-0.4, -0.2) is 72.1 Å². The maximum atomic E-state index is 4.92. The van der Waals surface area contributed by atoms with Crippen LogP contribution in [0.2, 0.25) is 0 Å². The van der Waals surface area contributed by atoms with Crippen molar-refractivity contribution in [3.63, 3.8) is 0 Å². The second kappa shape index (κ2) is 11.7. The first-order chi connectivity index (χ1) is 19.8. The van der Waals surface area contributed by atoms with Crippen molar-refractivity contribution in [2.45, 2.75) is 12.8 Å². The summed E-state index contributed by atoms with van der Waals surface area (Å²) in [7, 11) is 0. The molecule has 1 fully saturated rings. The van der Waals surface area contributed by atoms with Crippen LogP contribution in [0.3, 0.4) is 0 Å². The number of rotatable bonds is 10. The van der Waals surface area contributed by atoms with Gasteiger partial charge in [-0.25, -0.2) is 9.97 Å². The van der Waals surface area contributed by atoms with Gasteiger partial charge >= 0.3 is 0 Å². The van der Waals surface area contributed by atoms with Crippen molar-refractivity contribution in [2.24, 2.45) is 0 Å². The summed E-state index contributed by atoms with van der Waals surface area (Å²) in [6.07, 6.45) is 2.25. The number of aromatic nitrogens is 2. The minimum Gasteiger partial charge on any atom is -0.369 e. The lowest BCUT2D eigenvalue weighted by Crippen LogP contribution is -2.47. The molecule has 2 N–H and O–H groups in total. The molecule has 0 radical (unpaired) electrons. The summed E-state index contributed by atoms with van der Waals surface area (Å²) >= 11 is 3.55. The Morgan fingerprint density at radius 2 is 1.02 bits per heavy atom. The van der Waals surface area contributed by atoms with E-state index in [0.29, 0.717) is 0 Å². The number of para-hydroxylation sites is 2. The Kier molecular flexibility index (Phi) is 7.48. The predicted octanol–water partition coefficient (Wildman–Crippen LogP) is 7.13. The van der Waals surface area contributed by atoms with Crippen molar-refractivity contribution in [3.05, 3.63) is 71.4 Å². The molecule has 0 saturated carbocycles. The standard InChI is InChI=1S/C32H34N6S2/c1-3-9-27-23(7-1)25-11-21-39-29(25)31(35-27)33-13-5-15-37-17-19-38(20-18-37)16-6-14-34-32-30-26(12-22-40-30)24-8-2-4-10-28(24)36-32/h1-4,7-12,21-22H,5-6,13-20H2,(H,33,35)(H,34,36). The van der Waals surface area contributed by atoms with E-state index in [1.54, 1.807) is 22.7 Å². The van der Waals surface area contributed by atoms with Crippen LogP contribution in [0, 0.1) is 0 Å². The molecule has 6 aromatic rings. The average Bonchev–Trinajstić information content (AvgIpc) is 3.69.